The highest BCUT2D eigenvalue weighted by Crippen LogP contribution is 2.27. The van der Waals surface area contributed by atoms with Gasteiger partial charge in [0.15, 0.2) is 0 Å². The van der Waals surface area contributed by atoms with Crippen LogP contribution in [0.15, 0.2) is 48.5 Å². The van der Waals surface area contributed by atoms with Crippen molar-refractivity contribution in [2.75, 3.05) is 13.7 Å². The molecule has 4 heteroatoms. The molecule has 4 nitrogen and oxygen atoms in total. The minimum absolute atomic E-state index is 0.00661. The maximum atomic E-state index is 12.2. The van der Waals surface area contributed by atoms with Crippen LogP contribution in [0.25, 0.3) is 11.1 Å². The number of amides is 1. The minimum atomic E-state index is -0.483. The molecule has 0 aromatic heterocycles. The van der Waals surface area contributed by atoms with Crippen molar-refractivity contribution in [1.29, 1.82) is 0 Å². The van der Waals surface area contributed by atoms with E-state index in [4.69, 9.17) is 10.5 Å². The van der Waals surface area contributed by atoms with Crippen molar-refractivity contribution in [1.82, 2.24) is 4.90 Å². The topological polar surface area (TPSA) is 55.6 Å². The zero-order chi connectivity index (χ0) is 17.7. The Labute approximate surface area is 144 Å². The summed E-state index contributed by atoms with van der Waals surface area (Å²) in [5.74, 6) is 0.812. The molecule has 2 atom stereocenters. The monoisotopic (exact) mass is 326 g/mol. The van der Waals surface area contributed by atoms with E-state index >= 15 is 0 Å². The Bertz CT molecular complexity index is 680. The summed E-state index contributed by atoms with van der Waals surface area (Å²) in [5.41, 5.74) is 9.07. The van der Waals surface area contributed by atoms with E-state index in [1.165, 1.54) is 0 Å². The van der Waals surface area contributed by atoms with Gasteiger partial charge in [0.2, 0.25) is 5.91 Å². The van der Waals surface area contributed by atoms with Gasteiger partial charge >= 0.3 is 0 Å². The fourth-order valence-electron chi connectivity index (χ4n) is 2.82. The standard InChI is InChI=1S/C20H26N2O2/c1-5-22(20(23)14(2)21)15(3)16-9-11-17(12-10-16)18-7-6-8-19(13-18)24-4/h6-15H,5,21H2,1-4H3/t14-,15?/m0/s1. The highest BCUT2D eigenvalue weighted by molar-refractivity contribution is 5.81. The van der Waals surface area contributed by atoms with E-state index in [9.17, 15) is 4.79 Å². The third-order valence-corrected chi connectivity index (χ3v) is 4.28. The van der Waals surface area contributed by atoms with Crippen LogP contribution in [0.4, 0.5) is 0 Å². The van der Waals surface area contributed by atoms with E-state index in [2.05, 4.69) is 30.3 Å². The lowest BCUT2D eigenvalue weighted by Gasteiger charge is -2.30. The Morgan fingerprint density at radius 3 is 2.33 bits per heavy atom. The summed E-state index contributed by atoms with van der Waals surface area (Å²) in [5, 5.41) is 0. The summed E-state index contributed by atoms with van der Waals surface area (Å²) in [6, 6.07) is 15.8. The first-order valence-corrected chi connectivity index (χ1v) is 8.28. The van der Waals surface area contributed by atoms with E-state index in [-0.39, 0.29) is 11.9 Å². The smallest absolute Gasteiger partial charge is 0.239 e. The lowest BCUT2D eigenvalue weighted by atomic mass is 10.00. The molecular weight excluding hydrogens is 300 g/mol. The average molecular weight is 326 g/mol. The first-order valence-electron chi connectivity index (χ1n) is 8.28. The summed E-state index contributed by atoms with van der Waals surface area (Å²) in [4.78, 5) is 14.0. The van der Waals surface area contributed by atoms with Gasteiger partial charge in [0.05, 0.1) is 19.2 Å². The molecule has 0 bridgehead atoms. The van der Waals surface area contributed by atoms with Crippen LogP contribution < -0.4 is 10.5 Å². The van der Waals surface area contributed by atoms with Gasteiger partial charge in [-0.2, -0.15) is 0 Å². The Morgan fingerprint density at radius 1 is 1.12 bits per heavy atom. The number of benzene rings is 2. The molecule has 0 heterocycles. The number of methoxy groups -OCH3 is 1. The average Bonchev–Trinajstić information content (AvgIpc) is 2.62. The Hall–Kier alpha value is -2.33. The predicted octanol–water partition coefficient (Wildman–Crippen LogP) is 3.62. The molecule has 2 rings (SSSR count). The second-order valence-electron chi connectivity index (χ2n) is 5.94. The lowest BCUT2D eigenvalue weighted by Crippen LogP contribution is -2.43. The fraction of sp³-hybridized carbons (Fsp3) is 0.350. The maximum absolute atomic E-state index is 12.2. The molecule has 2 aromatic carbocycles. The van der Waals surface area contributed by atoms with Crippen LogP contribution in [0.3, 0.4) is 0 Å². The number of carbonyl (C=O) groups is 1. The fourth-order valence-corrected chi connectivity index (χ4v) is 2.82. The molecule has 0 aliphatic heterocycles. The molecule has 0 spiro atoms. The molecule has 0 aliphatic rings. The van der Waals surface area contributed by atoms with E-state index < -0.39 is 6.04 Å². The van der Waals surface area contributed by atoms with E-state index in [1.807, 2.05) is 36.9 Å². The van der Waals surface area contributed by atoms with E-state index in [0.717, 1.165) is 22.4 Å². The largest absolute Gasteiger partial charge is 0.497 e. The summed E-state index contributed by atoms with van der Waals surface area (Å²) in [7, 11) is 1.67. The van der Waals surface area contributed by atoms with Gasteiger partial charge in [-0.3, -0.25) is 4.79 Å². The zero-order valence-corrected chi connectivity index (χ0v) is 14.8. The SMILES string of the molecule is CCN(C(=O)[C@H](C)N)C(C)c1ccc(-c2cccc(OC)c2)cc1. The molecule has 0 radical (unpaired) electrons. The number of carbonyl (C=O) groups excluding carboxylic acids is 1. The van der Waals surface area contributed by atoms with Gasteiger partial charge in [0.1, 0.15) is 5.75 Å². The molecule has 2 aromatic rings. The number of ether oxygens (including phenoxy) is 1. The third kappa shape index (κ3) is 3.95. The summed E-state index contributed by atoms with van der Waals surface area (Å²) in [6.45, 7) is 6.37. The van der Waals surface area contributed by atoms with E-state index in [0.29, 0.717) is 6.54 Å². The van der Waals surface area contributed by atoms with Gasteiger partial charge in [-0.1, -0.05) is 36.4 Å². The molecule has 0 saturated heterocycles. The van der Waals surface area contributed by atoms with Gasteiger partial charge in [-0.25, -0.2) is 0 Å². The van der Waals surface area contributed by atoms with Crippen molar-refractivity contribution < 1.29 is 9.53 Å². The molecule has 2 N–H and O–H groups in total. The van der Waals surface area contributed by atoms with Gasteiger partial charge < -0.3 is 15.4 Å². The van der Waals surface area contributed by atoms with E-state index in [1.54, 1.807) is 14.0 Å². The molecule has 0 aliphatic carbocycles. The summed E-state index contributed by atoms with van der Waals surface area (Å²) >= 11 is 0. The second-order valence-corrected chi connectivity index (χ2v) is 5.94. The van der Waals surface area contributed by atoms with Crippen LogP contribution in [0, 0.1) is 0 Å². The predicted molar refractivity (Wildman–Crippen MR) is 97.9 cm³/mol. The Kier molecular flexibility index (Phi) is 5.99. The first kappa shape index (κ1) is 18.0. The van der Waals surface area contributed by atoms with Gasteiger partial charge in [-0.05, 0) is 49.6 Å². The molecule has 24 heavy (non-hydrogen) atoms. The van der Waals surface area contributed by atoms with Gasteiger partial charge in [0.25, 0.3) is 0 Å². The van der Waals surface area contributed by atoms with Crippen molar-refractivity contribution >= 4 is 5.91 Å². The third-order valence-electron chi connectivity index (χ3n) is 4.28. The zero-order valence-electron chi connectivity index (χ0n) is 14.8. The molecule has 1 unspecified atom stereocenters. The van der Waals surface area contributed by atoms with Crippen molar-refractivity contribution in [3.05, 3.63) is 54.1 Å². The Balaban J connectivity index is 2.23. The number of nitrogens with two attached hydrogens (primary N) is 1. The summed E-state index contributed by atoms with van der Waals surface area (Å²) < 4.78 is 5.28. The molecule has 128 valence electrons. The number of hydrogen-bond acceptors (Lipinski definition) is 3. The van der Waals surface area contributed by atoms with Crippen LogP contribution in [0.5, 0.6) is 5.75 Å². The van der Waals surface area contributed by atoms with Crippen molar-refractivity contribution in [3.8, 4) is 16.9 Å². The Morgan fingerprint density at radius 2 is 1.79 bits per heavy atom. The highest BCUT2D eigenvalue weighted by Gasteiger charge is 2.22. The molecule has 0 fully saturated rings. The highest BCUT2D eigenvalue weighted by atomic mass is 16.5. The quantitative estimate of drug-likeness (QED) is 0.882. The number of nitrogens with zero attached hydrogens (tertiary/aromatic N) is 1. The van der Waals surface area contributed by atoms with Crippen LogP contribution in [-0.2, 0) is 4.79 Å². The molecule has 1 amide bonds. The minimum Gasteiger partial charge on any atom is -0.497 e. The van der Waals surface area contributed by atoms with Gasteiger partial charge in [-0.15, -0.1) is 0 Å². The number of hydrogen-bond donors (Lipinski definition) is 1. The summed E-state index contributed by atoms with van der Waals surface area (Å²) in [6.07, 6.45) is 0. The van der Waals surface area contributed by atoms with Crippen LogP contribution in [-0.4, -0.2) is 30.5 Å². The van der Waals surface area contributed by atoms with Crippen LogP contribution in [0.1, 0.15) is 32.4 Å². The maximum Gasteiger partial charge on any atom is 0.239 e. The first-order chi connectivity index (χ1) is 11.5. The molecular formula is C20H26N2O2. The lowest BCUT2D eigenvalue weighted by molar-refractivity contribution is -0.134. The second kappa shape index (κ2) is 7.97. The van der Waals surface area contributed by atoms with Gasteiger partial charge in [0, 0.05) is 6.54 Å². The van der Waals surface area contributed by atoms with Crippen molar-refractivity contribution in [2.45, 2.75) is 32.9 Å². The van der Waals surface area contributed by atoms with Crippen molar-refractivity contribution in [3.63, 3.8) is 0 Å². The molecule has 0 saturated carbocycles. The van der Waals surface area contributed by atoms with Crippen molar-refractivity contribution in [2.24, 2.45) is 5.73 Å². The van der Waals surface area contributed by atoms with Crippen LogP contribution >= 0.6 is 0 Å². The number of rotatable bonds is 6. The van der Waals surface area contributed by atoms with Crippen LogP contribution in [0.2, 0.25) is 0 Å². The number of likely N-dealkylation sites (N-methyl/N-ethyl adjacent to an activating group) is 1. The normalized spacial score (nSPS) is 13.2.